The van der Waals surface area contributed by atoms with Crippen LogP contribution < -0.4 is 0 Å². The van der Waals surface area contributed by atoms with E-state index in [9.17, 15) is 0 Å². The highest BCUT2D eigenvalue weighted by molar-refractivity contribution is 4.79. The summed E-state index contributed by atoms with van der Waals surface area (Å²) in [5, 5.41) is 0. The Balaban J connectivity index is 1.59. The van der Waals surface area contributed by atoms with Crippen LogP contribution in [0, 0.1) is 0 Å². The van der Waals surface area contributed by atoms with Gasteiger partial charge in [0.25, 0.3) is 0 Å². The zero-order chi connectivity index (χ0) is 11.9. The Morgan fingerprint density at radius 3 is 1.94 bits per heavy atom. The van der Waals surface area contributed by atoms with Crippen LogP contribution in [-0.4, -0.2) is 86.8 Å². The molecule has 2 fully saturated rings. The molecule has 4 nitrogen and oxygen atoms in total. The van der Waals surface area contributed by atoms with E-state index in [0.29, 0.717) is 0 Å². The van der Waals surface area contributed by atoms with Crippen LogP contribution in [0.15, 0.2) is 12.7 Å². The van der Waals surface area contributed by atoms with Gasteiger partial charge in [0.1, 0.15) is 0 Å². The lowest BCUT2D eigenvalue weighted by molar-refractivity contribution is 0.0303. The molecule has 4 heteroatoms. The first-order valence-corrected chi connectivity index (χ1v) is 6.74. The molecule has 2 rings (SSSR count). The third-order valence-electron chi connectivity index (χ3n) is 3.69. The van der Waals surface area contributed by atoms with Crippen LogP contribution >= 0.6 is 0 Å². The van der Waals surface area contributed by atoms with E-state index < -0.39 is 0 Å². The predicted octanol–water partition coefficient (Wildman–Crippen LogP) is 0.122. The first-order valence-electron chi connectivity index (χ1n) is 6.74. The van der Waals surface area contributed by atoms with Crippen molar-refractivity contribution in [2.45, 2.75) is 0 Å². The van der Waals surface area contributed by atoms with Gasteiger partial charge in [-0.15, -0.1) is 6.58 Å². The number of ether oxygens (including phenoxy) is 1. The molecule has 0 aromatic heterocycles. The quantitative estimate of drug-likeness (QED) is 0.634. The zero-order valence-electron chi connectivity index (χ0n) is 10.8. The smallest absolute Gasteiger partial charge is 0.0594 e. The highest BCUT2D eigenvalue weighted by Crippen LogP contribution is 2.03. The highest BCUT2D eigenvalue weighted by Gasteiger charge is 2.17. The minimum atomic E-state index is 0.910. The standard InChI is InChI=1S/C13H25N3O/c1-2-3-14-4-6-15(7-5-14)8-9-16-10-12-17-13-11-16/h2H,1,3-13H2. The summed E-state index contributed by atoms with van der Waals surface area (Å²) in [6.45, 7) is 16.1. The van der Waals surface area contributed by atoms with Crippen LogP contribution in [0.5, 0.6) is 0 Å². The number of morpholine rings is 1. The van der Waals surface area contributed by atoms with E-state index >= 15 is 0 Å². The van der Waals surface area contributed by atoms with Gasteiger partial charge in [-0.1, -0.05) is 6.08 Å². The first kappa shape index (κ1) is 13.0. The third-order valence-corrected chi connectivity index (χ3v) is 3.69. The largest absolute Gasteiger partial charge is 0.379 e. The lowest BCUT2D eigenvalue weighted by Gasteiger charge is -2.35. The molecule has 0 unspecified atom stereocenters. The van der Waals surface area contributed by atoms with Gasteiger partial charge in [0, 0.05) is 58.9 Å². The third kappa shape index (κ3) is 4.39. The van der Waals surface area contributed by atoms with Gasteiger partial charge in [-0.2, -0.15) is 0 Å². The molecule has 0 aliphatic carbocycles. The van der Waals surface area contributed by atoms with Gasteiger partial charge in [0.15, 0.2) is 0 Å². The fourth-order valence-corrected chi connectivity index (χ4v) is 2.49. The van der Waals surface area contributed by atoms with Crippen LogP contribution in [0.2, 0.25) is 0 Å². The van der Waals surface area contributed by atoms with Gasteiger partial charge in [-0.3, -0.25) is 14.7 Å². The van der Waals surface area contributed by atoms with Crippen LogP contribution in [0.3, 0.4) is 0 Å². The lowest BCUT2D eigenvalue weighted by Crippen LogP contribution is -2.49. The Morgan fingerprint density at radius 2 is 1.35 bits per heavy atom. The van der Waals surface area contributed by atoms with E-state index in [1.165, 1.54) is 39.3 Å². The van der Waals surface area contributed by atoms with Gasteiger partial charge in [-0.25, -0.2) is 0 Å². The van der Waals surface area contributed by atoms with Crippen LogP contribution in [0.4, 0.5) is 0 Å². The molecule has 0 spiro atoms. The summed E-state index contributed by atoms with van der Waals surface area (Å²) in [7, 11) is 0. The summed E-state index contributed by atoms with van der Waals surface area (Å²) < 4.78 is 5.36. The maximum atomic E-state index is 5.36. The summed E-state index contributed by atoms with van der Waals surface area (Å²) in [5.74, 6) is 0. The van der Waals surface area contributed by atoms with Crippen LogP contribution in [0.1, 0.15) is 0 Å². The van der Waals surface area contributed by atoms with Crippen molar-refractivity contribution in [2.24, 2.45) is 0 Å². The van der Waals surface area contributed by atoms with Gasteiger partial charge in [-0.05, 0) is 0 Å². The SMILES string of the molecule is C=CCN1CCN(CCN2CCOCC2)CC1. The van der Waals surface area contributed by atoms with Gasteiger partial charge >= 0.3 is 0 Å². The maximum Gasteiger partial charge on any atom is 0.0594 e. The number of piperazine rings is 1. The van der Waals surface area contributed by atoms with E-state index in [4.69, 9.17) is 4.74 Å². The molecular weight excluding hydrogens is 214 g/mol. The Hall–Kier alpha value is -0.420. The second-order valence-electron chi connectivity index (χ2n) is 4.88. The van der Waals surface area contributed by atoms with Gasteiger partial charge < -0.3 is 4.74 Å². The Kier molecular flexibility index (Phi) is 5.45. The second-order valence-corrected chi connectivity index (χ2v) is 4.88. The number of hydrogen-bond donors (Lipinski definition) is 0. The van der Waals surface area contributed by atoms with Crippen molar-refractivity contribution in [3.05, 3.63) is 12.7 Å². The summed E-state index contributed by atoms with van der Waals surface area (Å²) in [4.78, 5) is 7.56. The number of rotatable bonds is 5. The Bertz CT molecular complexity index is 221. The fraction of sp³-hybridized carbons (Fsp3) is 0.846. The molecule has 0 aromatic carbocycles. The molecular formula is C13H25N3O. The normalized spacial score (nSPS) is 24.9. The molecule has 0 atom stereocenters. The highest BCUT2D eigenvalue weighted by atomic mass is 16.5. The van der Waals surface area contributed by atoms with Gasteiger partial charge in [0.2, 0.25) is 0 Å². The van der Waals surface area contributed by atoms with Gasteiger partial charge in [0.05, 0.1) is 13.2 Å². The average Bonchev–Trinajstić information content (AvgIpc) is 2.40. The number of hydrogen-bond acceptors (Lipinski definition) is 4. The molecule has 2 aliphatic heterocycles. The summed E-state index contributed by atoms with van der Waals surface area (Å²) in [5.41, 5.74) is 0. The molecule has 0 amide bonds. The second kappa shape index (κ2) is 7.11. The topological polar surface area (TPSA) is 19.0 Å². The molecule has 2 heterocycles. The lowest BCUT2D eigenvalue weighted by atomic mass is 10.3. The van der Waals surface area contributed by atoms with E-state index in [2.05, 4.69) is 21.3 Å². The summed E-state index contributed by atoms with van der Waals surface area (Å²) >= 11 is 0. The molecule has 2 aliphatic rings. The van der Waals surface area contributed by atoms with E-state index in [1.54, 1.807) is 0 Å². The van der Waals surface area contributed by atoms with E-state index in [1.807, 2.05) is 6.08 Å². The molecule has 0 aromatic rings. The molecule has 98 valence electrons. The first-order chi connectivity index (χ1) is 8.38. The summed E-state index contributed by atoms with van der Waals surface area (Å²) in [6, 6.07) is 0. The Labute approximate surface area is 105 Å². The van der Waals surface area contributed by atoms with Crippen molar-refractivity contribution in [3.63, 3.8) is 0 Å². The Morgan fingerprint density at radius 1 is 0.824 bits per heavy atom. The predicted molar refractivity (Wildman–Crippen MR) is 70.3 cm³/mol. The van der Waals surface area contributed by atoms with Crippen LogP contribution in [0.25, 0.3) is 0 Å². The molecule has 0 N–H and O–H groups in total. The van der Waals surface area contributed by atoms with Crippen molar-refractivity contribution in [2.75, 3.05) is 72.1 Å². The van der Waals surface area contributed by atoms with Crippen molar-refractivity contribution in [1.29, 1.82) is 0 Å². The van der Waals surface area contributed by atoms with Crippen molar-refractivity contribution < 1.29 is 4.74 Å². The maximum absolute atomic E-state index is 5.36. The fourth-order valence-electron chi connectivity index (χ4n) is 2.49. The average molecular weight is 239 g/mol. The summed E-state index contributed by atoms with van der Waals surface area (Å²) in [6.07, 6.45) is 2.00. The molecule has 0 bridgehead atoms. The number of nitrogens with zero attached hydrogens (tertiary/aromatic N) is 3. The minimum absolute atomic E-state index is 0.910. The van der Waals surface area contributed by atoms with Crippen molar-refractivity contribution >= 4 is 0 Å². The molecule has 17 heavy (non-hydrogen) atoms. The molecule has 0 saturated carbocycles. The van der Waals surface area contributed by atoms with E-state index in [-0.39, 0.29) is 0 Å². The zero-order valence-corrected chi connectivity index (χ0v) is 10.8. The van der Waals surface area contributed by atoms with Crippen LogP contribution in [-0.2, 0) is 4.74 Å². The van der Waals surface area contributed by atoms with E-state index in [0.717, 1.165) is 32.8 Å². The van der Waals surface area contributed by atoms with Crippen molar-refractivity contribution in [1.82, 2.24) is 14.7 Å². The minimum Gasteiger partial charge on any atom is -0.379 e. The molecule has 2 saturated heterocycles. The monoisotopic (exact) mass is 239 g/mol. The van der Waals surface area contributed by atoms with Crippen molar-refractivity contribution in [3.8, 4) is 0 Å². The molecule has 0 radical (unpaired) electrons.